The van der Waals surface area contributed by atoms with Crippen LogP contribution in [0.2, 0.25) is 0 Å². The second kappa shape index (κ2) is 3.02. The van der Waals surface area contributed by atoms with Crippen molar-refractivity contribution in [1.29, 1.82) is 0 Å². The van der Waals surface area contributed by atoms with Gasteiger partial charge in [-0.1, -0.05) is 20.8 Å². The quantitative estimate of drug-likeness (QED) is 0.653. The molecule has 0 unspecified atom stereocenters. The van der Waals surface area contributed by atoms with Crippen molar-refractivity contribution < 1.29 is 9.50 Å². The monoisotopic (exact) mass is 182 g/mol. The van der Waals surface area contributed by atoms with Crippen molar-refractivity contribution in [3.63, 3.8) is 0 Å². The normalized spacial score (nSPS) is 11.8. The van der Waals surface area contributed by atoms with Gasteiger partial charge in [0.15, 0.2) is 0 Å². The molecule has 0 aliphatic rings. The summed E-state index contributed by atoms with van der Waals surface area (Å²) in [5.74, 6) is -0.310. The first-order valence-electron chi connectivity index (χ1n) is 4.32. The highest BCUT2D eigenvalue weighted by Crippen LogP contribution is 2.29. The average molecular weight is 182 g/mol. The van der Waals surface area contributed by atoms with Crippen LogP contribution in [0.25, 0.3) is 0 Å². The van der Waals surface area contributed by atoms with Crippen molar-refractivity contribution in [1.82, 2.24) is 0 Å². The zero-order valence-corrected chi connectivity index (χ0v) is 8.48. The Labute approximate surface area is 78.2 Å². The van der Waals surface area contributed by atoms with Crippen molar-refractivity contribution >= 4 is 0 Å². The summed E-state index contributed by atoms with van der Waals surface area (Å²) in [6.45, 7) is 7.51. The van der Waals surface area contributed by atoms with Crippen molar-refractivity contribution in [2.75, 3.05) is 0 Å². The third-order valence-corrected chi connectivity index (χ3v) is 2.18. The number of hydrogen-bond acceptors (Lipinski definition) is 1. The summed E-state index contributed by atoms with van der Waals surface area (Å²) in [7, 11) is 0. The molecule has 0 aliphatic carbocycles. The molecule has 1 aromatic rings. The lowest BCUT2D eigenvalue weighted by molar-refractivity contribution is 0.457. The molecule has 1 aromatic carbocycles. The molecule has 0 fully saturated rings. The maximum atomic E-state index is 13.2. The fourth-order valence-corrected chi connectivity index (χ4v) is 1.10. The van der Waals surface area contributed by atoms with E-state index in [4.69, 9.17) is 0 Å². The zero-order valence-electron chi connectivity index (χ0n) is 8.48. The summed E-state index contributed by atoms with van der Waals surface area (Å²) < 4.78 is 13.2. The number of benzene rings is 1. The molecule has 72 valence electrons. The smallest absolute Gasteiger partial charge is 0.130 e. The zero-order chi connectivity index (χ0) is 10.2. The van der Waals surface area contributed by atoms with E-state index in [0.29, 0.717) is 5.56 Å². The van der Waals surface area contributed by atoms with Gasteiger partial charge in [0, 0.05) is 5.56 Å². The second-order valence-electron chi connectivity index (χ2n) is 4.35. The van der Waals surface area contributed by atoms with Gasteiger partial charge in [-0.05, 0) is 30.0 Å². The minimum atomic E-state index is -0.343. The predicted molar refractivity (Wildman–Crippen MR) is 51.5 cm³/mol. The molecule has 0 heterocycles. The molecule has 2 heteroatoms. The Balaban J connectivity index is 3.29. The van der Waals surface area contributed by atoms with Crippen molar-refractivity contribution in [3.8, 4) is 5.75 Å². The Kier molecular flexibility index (Phi) is 2.33. The third-order valence-electron chi connectivity index (χ3n) is 2.18. The highest BCUT2D eigenvalue weighted by atomic mass is 19.1. The van der Waals surface area contributed by atoms with Crippen LogP contribution in [-0.2, 0) is 5.41 Å². The maximum absolute atomic E-state index is 13.2. The molecule has 0 atom stereocenters. The van der Waals surface area contributed by atoms with Gasteiger partial charge in [0.25, 0.3) is 0 Å². The summed E-state index contributed by atoms with van der Waals surface area (Å²) in [5, 5.41) is 9.40. The Morgan fingerprint density at radius 2 is 1.77 bits per heavy atom. The van der Waals surface area contributed by atoms with E-state index in [1.165, 1.54) is 6.07 Å². The maximum Gasteiger partial charge on any atom is 0.130 e. The Bertz CT molecular complexity index is 300. The Morgan fingerprint density at radius 1 is 1.23 bits per heavy atom. The Morgan fingerprint density at radius 3 is 2.15 bits per heavy atom. The van der Waals surface area contributed by atoms with Crippen molar-refractivity contribution in [3.05, 3.63) is 29.1 Å². The highest BCUT2D eigenvalue weighted by Gasteiger charge is 2.16. The number of aromatic hydroxyl groups is 1. The first kappa shape index (κ1) is 10.0. The SMILES string of the molecule is Cc1c(O)cc(C(C)(C)C)cc1F. The van der Waals surface area contributed by atoms with Crippen molar-refractivity contribution in [2.45, 2.75) is 33.1 Å². The van der Waals surface area contributed by atoms with Gasteiger partial charge < -0.3 is 5.11 Å². The summed E-state index contributed by atoms with van der Waals surface area (Å²) in [5.41, 5.74) is 0.993. The van der Waals surface area contributed by atoms with Crippen LogP contribution in [0.15, 0.2) is 12.1 Å². The predicted octanol–water partition coefficient (Wildman–Crippen LogP) is 3.14. The highest BCUT2D eigenvalue weighted by molar-refractivity contribution is 5.39. The molecule has 0 amide bonds. The summed E-state index contributed by atoms with van der Waals surface area (Å²) >= 11 is 0. The molecule has 1 N–H and O–H groups in total. The number of phenolic OH excluding ortho intramolecular Hbond substituents is 1. The van der Waals surface area contributed by atoms with Crippen molar-refractivity contribution in [2.24, 2.45) is 0 Å². The van der Waals surface area contributed by atoms with E-state index in [0.717, 1.165) is 5.56 Å². The number of phenols is 1. The number of rotatable bonds is 0. The molecule has 0 aliphatic heterocycles. The minimum absolute atomic E-state index is 0.0323. The minimum Gasteiger partial charge on any atom is -0.508 e. The largest absolute Gasteiger partial charge is 0.508 e. The van der Waals surface area contributed by atoms with E-state index in [1.54, 1.807) is 13.0 Å². The molecule has 0 saturated heterocycles. The fourth-order valence-electron chi connectivity index (χ4n) is 1.10. The summed E-state index contributed by atoms with van der Waals surface area (Å²) in [4.78, 5) is 0. The van der Waals surface area contributed by atoms with Crippen LogP contribution in [0.5, 0.6) is 5.75 Å². The molecule has 0 spiro atoms. The molecule has 0 radical (unpaired) electrons. The van der Waals surface area contributed by atoms with Gasteiger partial charge in [0.2, 0.25) is 0 Å². The van der Waals surface area contributed by atoms with Gasteiger partial charge in [-0.15, -0.1) is 0 Å². The van der Waals surface area contributed by atoms with Gasteiger partial charge in [-0.3, -0.25) is 0 Å². The lowest BCUT2D eigenvalue weighted by Crippen LogP contribution is -2.11. The van der Waals surface area contributed by atoms with Crippen LogP contribution >= 0.6 is 0 Å². The van der Waals surface area contributed by atoms with Gasteiger partial charge in [-0.2, -0.15) is 0 Å². The van der Waals surface area contributed by atoms with Crippen LogP contribution in [0.1, 0.15) is 31.9 Å². The summed E-state index contributed by atoms with van der Waals surface area (Å²) in [6, 6.07) is 3.10. The van der Waals surface area contributed by atoms with E-state index in [-0.39, 0.29) is 17.0 Å². The molecule has 13 heavy (non-hydrogen) atoms. The average Bonchev–Trinajstić information content (AvgIpc) is 1.97. The topological polar surface area (TPSA) is 20.2 Å². The second-order valence-corrected chi connectivity index (χ2v) is 4.35. The first-order valence-corrected chi connectivity index (χ1v) is 4.32. The number of halogens is 1. The van der Waals surface area contributed by atoms with Crippen LogP contribution in [0.4, 0.5) is 4.39 Å². The van der Waals surface area contributed by atoms with Crippen LogP contribution in [-0.4, -0.2) is 5.11 Å². The summed E-state index contributed by atoms with van der Waals surface area (Å²) in [6.07, 6.45) is 0. The van der Waals surface area contributed by atoms with Crippen LogP contribution in [0, 0.1) is 12.7 Å². The van der Waals surface area contributed by atoms with E-state index >= 15 is 0 Å². The van der Waals surface area contributed by atoms with Gasteiger partial charge in [-0.25, -0.2) is 4.39 Å². The van der Waals surface area contributed by atoms with Gasteiger partial charge >= 0.3 is 0 Å². The molecule has 0 aromatic heterocycles. The molecular formula is C11H15FO. The van der Waals surface area contributed by atoms with E-state index in [9.17, 15) is 9.50 Å². The third kappa shape index (κ3) is 2.00. The van der Waals surface area contributed by atoms with E-state index in [1.807, 2.05) is 20.8 Å². The molecular weight excluding hydrogens is 167 g/mol. The lowest BCUT2D eigenvalue weighted by Gasteiger charge is -2.19. The molecule has 1 rings (SSSR count). The standard InChI is InChI=1S/C11H15FO/c1-7-9(12)5-8(6-10(7)13)11(2,3)4/h5-6,13H,1-4H3. The Hall–Kier alpha value is -1.05. The van der Waals surface area contributed by atoms with Gasteiger partial charge in [0.1, 0.15) is 11.6 Å². The van der Waals surface area contributed by atoms with Gasteiger partial charge in [0.05, 0.1) is 0 Å². The molecule has 0 bridgehead atoms. The lowest BCUT2D eigenvalue weighted by atomic mass is 9.86. The first-order chi connectivity index (χ1) is 5.82. The van der Waals surface area contributed by atoms with Crippen LogP contribution in [0.3, 0.4) is 0 Å². The molecule has 1 nitrogen and oxygen atoms in total. The van der Waals surface area contributed by atoms with E-state index < -0.39 is 0 Å². The fraction of sp³-hybridized carbons (Fsp3) is 0.455. The number of hydrogen-bond donors (Lipinski definition) is 1. The van der Waals surface area contributed by atoms with Crippen LogP contribution < -0.4 is 0 Å². The molecule has 0 saturated carbocycles. The van der Waals surface area contributed by atoms with E-state index in [2.05, 4.69) is 0 Å².